The number of benzene rings is 1. The Morgan fingerprint density at radius 1 is 1.21 bits per heavy atom. The number of hydrogen-bond acceptors (Lipinski definition) is 5. The average molecular weight is 482 g/mol. The van der Waals surface area contributed by atoms with Gasteiger partial charge in [-0.2, -0.15) is 18.3 Å². The maximum absolute atomic E-state index is 13.9. The van der Waals surface area contributed by atoms with Gasteiger partial charge in [-0.15, -0.1) is 0 Å². The Kier molecular flexibility index (Phi) is 5.30. The second-order valence-electron chi connectivity index (χ2n) is 8.55. The van der Waals surface area contributed by atoms with Crippen molar-refractivity contribution in [1.82, 2.24) is 20.3 Å². The zero-order valence-electron chi connectivity index (χ0n) is 17.6. The minimum atomic E-state index is -5.02. The minimum Gasteiger partial charge on any atom is -0.327 e. The van der Waals surface area contributed by atoms with Gasteiger partial charge < -0.3 is 10.3 Å². The molecule has 3 aliphatic heterocycles. The standard InChI is InChI=1S/C22H20ClF4N5O/c1-10-29-19(15-7-8-28-31-15)13-9-11-3-2-4-16(20(13)30-10)32(11)21(33)12-5-6-14(24)17(18(12)23)22(25,26)27/h5-6,8,11,15-16,31H,2-4,7,9H2,1H3. The number of nitrogens with zero attached hydrogens (tertiary/aromatic N) is 4. The molecule has 1 N–H and O–H groups in total. The van der Waals surface area contributed by atoms with Crippen molar-refractivity contribution in [2.45, 2.75) is 63.3 Å². The first-order valence-electron chi connectivity index (χ1n) is 10.7. The molecule has 3 aliphatic rings. The second kappa shape index (κ2) is 7.93. The molecular weight excluding hydrogens is 462 g/mol. The summed E-state index contributed by atoms with van der Waals surface area (Å²) in [6, 6.07) is 0.928. The van der Waals surface area contributed by atoms with Crippen molar-refractivity contribution in [2.24, 2.45) is 5.10 Å². The molecule has 2 aromatic rings. The van der Waals surface area contributed by atoms with Crippen LogP contribution in [0.25, 0.3) is 0 Å². The van der Waals surface area contributed by atoms with E-state index < -0.39 is 34.5 Å². The summed E-state index contributed by atoms with van der Waals surface area (Å²) < 4.78 is 54.1. The number of alkyl halides is 3. The van der Waals surface area contributed by atoms with Gasteiger partial charge in [-0.05, 0) is 44.7 Å². The van der Waals surface area contributed by atoms with Crippen LogP contribution in [0.1, 0.15) is 76.5 Å². The van der Waals surface area contributed by atoms with E-state index >= 15 is 0 Å². The summed E-state index contributed by atoms with van der Waals surface area (Å²) in [7, 11) is 0. The van der Waals surface area contributed by atoms with Crippen molar-refractivity contribution >= 4 is 23.7 Å². The number of hydrogen-bond donors (Lipinski definition) is 1. The van der Waals surface area contributed by atoms with Gasteiger partial charge in [-0.1, -0.05) is 11.6 Å². The van der Waals surface area contributed by atoms with E-state index in [-0.39, 0.29) is 17.6 Å². The van der Waals surface area contributed by atoms with Crippen LogP contribution in [0.4, 0.5) is 17.6 Å². The summed E-state index contributed by atoms with van der Waals surface area (Å²) in [6.07, 6.45) is 0.0919. The molecule has 6 nitrogen and oxygen atoms in total. The van der Waals surface area contributed by atoms with Gasteiger partial charge in [-0.25, -0.2) is 14.4 Å². The summed E-state index contributed by atoms with van der Waals surface area (Å²) in [6.45, 7) is 1.77. The molecule has 0 saturated carbocycles. The van der Waals surface area contributed by atoms with Crippen LogP contribution in [0, 0.1) is 12.7 Å². The Hall–Kier alpha value is -2.75. The van der Waals surface area contributed by atoms with Gasteiger partial charge in [0.2, 0.25) is 0 Å². The molecule has 1 aromatic heterocycles. The van der Waals surface area contributed by atoms with E-state index in [1.54, 1.807) is 18.0 Å². The summed E-state index contributed by atoms with van der Waals surface area (Å²) >= 11 is 5.95. The molecule has 3 atom stereocenters. The zero-order valence-corrected chi connectivity index (χ0v) is 18.3. The molecule has 33 heavy (non-hydrogen) atoms. The molecule has 1 aromatic carbocycles. The quantitative estimate of drug-likeness (QED) is 0.619. The third-order valence-electron chi connectivity index (χ3n) is 6.51. The lowest BCUT2D eigenvalue weighted by Crippen LogP contribution is -2.51. The van der Waals surface area contributed by atoms with Gasteiger partial charge in [0.15, 0.2) is 0 Å². The summed E-state index contributed by atoms with van der Waals surface area (Å²) in [5.41, 5.74) is 3.59. The van der Waals surface area contributed by atoms with Crippen molar-refractivity contribution in [2.75, 3.05) is 0 Å². The van der Waals surface area contributed by atoms with Gasteiger partial charge in [0.05, 0.1) is 34.1 Å². The van der Waals surface area contributed by atoms with Crippen molar-refractivity contribution in [3.63, 3.8) is 0 Å². The molecule has 5 rings (SSSR count). The number of hydrazone groups is 1. The molecule has 1 fully saturated rings. The van der Waals surface area contributed by atoms with Crippen LogP contribution in [-0.2, 0) is 12.6 Å². The maximum Gasteiger partial charge on any atom is 0.420 e. The highest BCUT2D eigenvalue weighted by atomic mass is 35.5. The number of rotatable bonds is 2. The maximum atomic E-state index is 13.9. The SMILES string of the molecule is Cc1nc(C2CC=NN2)c2c(n1)C1CCCC(C2)N1C(=O)c1ccc(F)c(C(F)(F)F)c1Cl. The lowest BCUT2D eigenvalue weighted by molar-refractivity contribution is -0.139. The predicted molar refractivity (Wildman–Crippen MR) is 112 cm³/mol. The number of carbonyl (C=O) groups excluding carboxylic acids is 1. The van der Waals surface area contributed by atoms with E-state index in [0.717, 1.165) is 23.7 Å². The zero-order chi connectivity index (χ0) is 23.5. The van der Waals surface area contributed by atoms with Crippen molar-refractivity contribution in [3.8, 4) is 0 Å². The molecule has 1 saturated heterocycles. The summed E-state index contributed by atoms with van der Waals surface area (Å²) in [4.78, 5) is 24.4. The molecule has 0 spiro atoms. The highest BCUT2D eigenvalue weighted by Gasteiger charge is 2.45. The summed E-state index contributed by atoms with van der Waals surface area (Å²) in [5, 5.41) is 3.17. The lowest BCUT2D eigenvalue weighted by Gasteiger charge is -2.47. The van der Waals surface area contributed by atoms with Crippen molar-refractivity contribution in [1.29, 1.82) is 0 Å². The summed E-state index contributed by atoms with van der Waals surface area (Å²) in [5.74, 6) is -1.61. The number of piperidine rings is 1. The van der Waals surface area contributed by atoms with Crippen LogP contribution in [-0.4, -0.2) is 33.0 Å². The number of carbonyl (C=O) groups is 1. The third-order valence-corrected chi connectivity index (χ3v) is 6.91. The second-order valence-corrected chi connectivity index (χ2v) is 8.93. The molecule has 174 valence electrons. The molecule has 4 heterocycles. The normalized spacial score (nSPS) is 23.9. The minimum absolute atomic E-state index is 0.0793. The fraction of sp³-hybridized carbons (Fsp3) is 0.455. The first-order chi connectivity index (χ1) is 15.7. The number of aryl methyl sites for hydroxylation is 1. The molecule has 0 radical (unpaired) electrons. The fourth-order valence-corrected chi connectivity index (χ4v) is 5.49. The van der Waals surface area contributed by atoms with Crippen LogP contribution < -0.4 is 5.43 Å². The van der Waals surface area contributed by atoms with Gasteiger partial charge >= 0.3 is 6.18 Å². The molecule has 1 amide bonds. The lowest BCUT2D eigenvalue weighted by atomic mass is 9.80. The number of halogens is 5. The third kappa shape index (κ3) is 3.64. The van der Waals surface area contributed by atoms with E-state index in [1.165, 1.54) is 0 Å². The molecule has 11 heteroatoms. The van der Waals surface area contributed by atoms with Crippen LogP contribution in [0.5, 0.6) is 0 Å². The number of amides is 1. The number of nitrogens with one attached hydrogen (secondary N) is 1. The monoisotopic (exact) mass is 481 g/mol. The first-order valence-corrected chi connectivity index (χ1v) is 11.1. The molecule has 0 aliphatic carbocycles. The predicted octanol–water partition coefficient (Wildman–Crippen LogP) is 4.91. The van der Waals surface area contributed by atoms with E-state index in [0.29, 0.717) is 43.3 Å². The highest BCUT2D eigenvalue weighted by Crippen LogP contribution is 2.45. The Labute approximate surface area is 192 Å². The van der Waals surface area contributed by atoms with E-state index in [4.69, 9.17) is 11.6 Å². The molecule has 2 bridgehead atoms. The fourth-order valence-electron chi connectivity index (χ4n) is 5.15. The Balaban J connectivity index is 1.58. The first kappa shape index (κ1) is 22.1. The Bertz CT molecular complexity index is 1160. The average Bonchev–Trinajstić information content (AvgIpc) is 3.27. The number of aromatic nitrogens is 2. The highest BCUT2D eigenvalue weighted by molar-refractivity contribution is 6.34. The van der Waals surface area contributed by atoms with Crippen LogP contribution in [0.2, 0.25) is 5.02 Å². The van der Waals surface area contributed by atoms with E-state index in [1.807, 2.05) is 0 Å². The topological polar surface area (TPSA) is 70.5 Å². The van der Waals surface area contributed by atoms with E-state index in [9.17, 15) is 22.4 Å². The van der Waals surface area contributed by atoms with Gasteiger partial charge in [-0.3, -0.25) is 4.79 Å². The van der Waals surface area contributed by atoms with Crippen molar-refractivity contribution < 1.29 is 22.4 Å². The number of fused-ring (bicyclic) bond motifs is 4. The largest absolute Gasteiger partial charge is 0.420 e. The molecule has 3 unspecified atom stereocenters. The Morgan fingerprint density at radius 3 is 2.67 bits per heavy atom. The van der Waals surface area contributed by atoms with Crippen LogP contribution >= 0.6 is 11.6 Å². The van der Waals surface area contributed by atoms with E-state index in [2.05, 4.69) is 20.5 Å². The van der Waals surface area contributed by atoms with Gasteiger partial charge in [0.25, 0.3) is 5.91 Å². The molecular formula is C22H20ClF4N5O. The van der Waals surface area contributed by atoms with Crippen LogP contribution in [0.15, 0.2) is 17.2 Å². The smallest absolute Gasteiger partial charge is 0.327 e. The van der Waals surface area contributed by atoms with Gasteiger partial charge in [0, 0.05) is 24.2 Å². The van der Waals surface area contributed by atoms with Crippen molar-refractivity contribution in [3.05, 3.63) is 56.9 Å². The van der Waals surface area contributed by atoms with Crippen LogP contribution in [0.3, 0.4) is 0 Å². The van der Waals surface area contributed by atoms with Gasteiger partial charge in [0.1, 0.15) is 17.2 Å². The Morgan fingerprint density at radius 2 is 1.97 bits per heavy atom.